The van der Waals surface area contributed by atoms with Crippen LogP contribution in [0.3, 0.4) is 0 Å². The molecule has 0 aliphatic rings. The van der Waals surface area contributed by atoms with Gasteiger partial charge >= 0.3 is 0 Å². The Hall–Kier alpha value is -8.20. The maximum absolute atomic E-state index is 5.16. The summed E-state index contributed by atoms with van der Waals surface area (Å²) >= 11 is 0. The summed E-state index contributed by atoms with van der Waals surface area (Å²) in [6.45, 7) is 0. The first kappa shape index (κ1) is 36.8. The number of hydrogen-bond donors (Lipinski definition) is 0. The molecule has 2 nitrogen and oxygen atoms in total. The van der Waals surface area contributed by atoms with Gasteiger partial charge in [-0.3, -0.25) is 0 Å². The molecule has 2 aromatic heterocycles. The average Bonchev–Trinajstić information content (AvgIpc) is 3.36. The fourth-order valence-electron chi connectivity index (χ4n) is 8.86. The Morgan fingerprint density at radius 1 is 0.177 bits per heavy atom. The fraction of sp³-hybridized carbons (Fsp3) is 0. The molecular weight excluding hydrogens is 749 g/mol. The van der Waals surface area contributed by atoms with Gasteiger partial charge in [-0.15, -0.1) is 0 Å². The van der Waals surface area contributed by atoms with Gasteiger partial charge in [0, 0.05) is 22.3 Å². The van der Waals surface area contributed by atoms with Crippen LogP contribution in [0, 0.1) is 0 Å². The van der Waals surface area contributed by atoms with Crippen molar-refractivity contribution in [3.63, 3.8) is 0 Å². The zero-order valence-electron chi connectivity index (χ0n) is 34.0. The SMILES string of the molecule is c1ccc(-c2cc(-c3ccc(-c4cccc(-c5ccc(-c6cc(-c7ccccc7)nc(-c7ccccc7)c6)c6ccccc56)c4)c4ccccc34)cc(-c3ccccc3)n2)cc1. The van der Waals surface area contributed by atoms with E-state index in [2.05, 4.69) is 243 Å². The zero-order chi connectivity index (χ0) is 41.2. The van der Waals surface area contributed by atoms with Crippen molar-refractivity contribution < 1.29 is 0 Å². The van der Waals surface area contributed by atoms with E-state index in [9.17, 15) is 0 Å². The summed E-state index contributed by atoms with van der Waals surface area (Å²) in [6.07, 6.45) is 0. The van der Waals surface area contributed by atoms with Crippen molar-refractivity contribution in [2.75, 3.05) is 0 Å². The van der Waals surface area contributed by atoms with Crippen LogP contribution in [0.15, 0.2) is 243 Å². The second-order valence-corrected chi connectivity index (χ2v) is 15.7. The molecular formula is C60H40N2. The number of aromatic nitrogens is 2. The molecule has 290 valence electrons. The van der Waals surface area contributed by atoms with Crippen LogP contribution in [0.25, 0.3) is 111 Å². The van der Waals surface area contributed by atoms with E-state index in [4.69, 9.17) is 9.97 Å². The molecule has 0 radical (unpaired) electrons. The molecule has 0 saturated heterocycles. The average molecular weight is 789 g/mol. The summed E-state index contributed by atoms with van der Waals surface area (Å²) in [5.41, 5.74) is 17.6. The van der Waals surface area contributed by atoms with E-state index in [0.717, 1.165) is 56.2 Å². The third-order valence-corrected chi connectivity index (χ3v) is 11.9. The third-order valence-electron chi connectivity index (χ3n) is 11.9. The van der Waals surface area contributed by atoms with Crippen molar-refractivity contribution in [3.8, 4) is 89.5 Å². The monoisotopic (exact) mass is 788 g/mol. The van der Waals surface area contributed by atoms with Gasteiger partial charge in [0.25, 0.3) is 0 Å². The molecule has 0 aliphatic heterocycles. The molecule has 0 atom stereocenters. The molecule has 9 aromatic carbocycles. The highest BCUT2D eigenvalue weighted by molar-refractivity contribution is 6.08. The quantitative estimate of drug-likeness (QED) is 0.153. The van der Waals surface area contributed by atoms with Crippen LogP contribution in [-0.4, -0.2) is 9.97 Å². The second kappa shape index (κ2) is 16.1. The summed E-state index contributed by atoms with van der Waals surface area (Å²) in [6, 6.07) is 86.6. The van der Waals surface area contributed by atoms with E-state index in [1.807, 2.05) is 0 Å². The Balaban J connectivity index is 1.02. The van der Waals surface area contributed by atoms with Crippen molar-refractivity contribution in [1.29, 1.82) is 0 Å². The number of nitrogens with zero attached hydrogens (tertiary/aromatic N) is 2. The second-order valence-electron chi connectivity index (χ2n) is 15.7. The van der Waals surface area contributed by atoms with Gasteiger partial charge in [-0.25, -0.2) is 9.97 Å². The van der Waals surface area contributed by atoms with Crippen LogP contribution >= 0.6 is 0 Å². The Labute approximate surface area is 362 Å². The highest BCUT2D eigenvalue weighted by atomic mass is 14.7. The van der Waals surface area contributed by atoms with Crippen LogP contribution in [-0.2, 0) is 0 Å². The van der Waals surface area contributed by atoms with Gasteiger partial charge in [0.1, 0.15) is 0 Å². The van der Waals surface area contributed by atoms with Gasteiger partial charge in [0.2, 0.25) is 0 Å². The lowest BCUT2D eigenvalue weighted by atomic mass is 9.88. The third kappa shape index (κ3) is 7.04. The topological polar surface area (TPSA) is 25.8 Å². The molecule has 11 rings (SSSR count). The van der Waals surface area contributed by atoms with Gasteiger partial charge in [0.15, 0.2) is 0 Å². The zero-order valence-corrected chi connectivity index (χ0v) is 34.0. The lowest BCUT2D eigenvalue weighted by molar-refractivity contribution is 1.32. The van der Waals surface area contributed by atoms with Crippen LogP contribution < -0.4 is 0 Å². The van der Waals surface area contributed by atoms with E-state index in [1.54, 1.807) is 0 Å². The van der Waals surface area contributed by atoms with Gasteiger partial charge < -0.3 is 0 Å². The summed E-state index contributed by atoms with van der Waals surface area (Å²) in [7, 11) is 0. The molecule has 0 bridgehead atoms. The maximum Gasteiger partial charge on any atom is 0.0715 e. The largest absolute Gasteiger partial charge is 0.248 e. The van der Waals surface area contributed by atoms with Crippen molar-refractivity contribution in [2.45, 2.75) is 0 Å². The summed E-state index contributed by atoms with van der Waals surface area (Å²) in [4.78, 5) is 10.3. The maximum atomic E-state index is 5.16. The van der Waals surface area contributed by atoms with Gasteiger partial charge in [0.05, 0.1) is 22.8 Å². The smallest absolute Gasteiger partial charge is 0.0715 e. The summed E-state index contributed by atoms with van der Waals surface area (Å²) in [5.74, 6) is 0. The van der Waals surface area contributed by atoms with E-state index in [0.29, 0.717) is 0 Å². The van der Waals surface area contributed by atoms with Crippen molar-refractivity contribution in [3.05, 3.63) is 243 Å². The number of hydrogen-bond acceptors (Lipinski definition) is 2. The van der Waals surface area contributed by atoms with Crippen LogP contribution in [0.1, 0.15) is 0 Å². The van der Waals surface area contributed by atoms with E-state index in [-0.39, 0.29) is 0 Å². The predicted octanol–water partition coefficient (Wildman–Crippen LogP) is 16.1. The Morgan fingerprint density at radius 3 is 0.710 bits per heavy atom. The minimum absolute atomic E-state index is 0.957. The summed E-state index contributed by atoms with van der Waals surface area (Å²) < 4.78 is 0. The molecule has 11 aromatic rings. The minimum Gasteiger partial charge on any atom is -0.248 e. The Kier molecular flexibility index (Phi) is 9.57. The van der Waals surface area contributed by atoms with E-state index in [1.165, 1.54) is 54.9 Å². The number of pyridine rings is 2. The molecule has 0 unspecified atom stereocenters. The number of rotatable bonds is 8. The van der Waals surface area contributed by atoms with E-state index >= 15 is 0 Å². The van der Waals surface area contributed by atoms with Crippen LogP contribution in [0.4, 0.5) is 0 Å². The number of fused-ring (bicyclic) bond motifs is 2. The first-order chi connectivity index (χ1) is 30.7. The van der Waals surface area contributed by atoms with E-state index < -0.39 is 0 Å². The molecule has 0 aliphatic carbocycles. The lowest BCUT2D eigenvalue weighted by Gasteiger charge is -2.16. The molecule has 2 heteroatoms. The molecule has 62 heavy (non-hydrogen) atoms. The molecule has 0 fully saturated rings. The normalized spacial score (nSPS) is 11.2. The Morgan fingerprint density at radius 2 is 0.419 bits per heavy atom. The molecule has 0 N–H and O–H groups in total. The lowest BCUT2D eigenvalue weighted by Crippen LogP contribution is -1.93. The summed E-state index contributed by atoms with van der Waals surface area (Å²) in [5, 5.41) is 4.83. The highest BCUT2D eigenvalue weighted by Gasteiger charge is 2.17. The first-order valence-electron chi connectivity index (χ1n) is 21.1. The first-order valence-corrected chi connectivity index (χ1v) is 21.1. The van der Waals surface area contributed by atoms with Crippen LogP contribution in [0.5, 0.6) is 0 Å². The molecule has 0 amide bonds. The fourth-order valence-corrected chi connectivity index (χ4v) is 8.86. The van der Waals surface area contributed by atoms with Crippen LogP contribution in [0.2, 0.25) is 0 Å². The highest BCUT2D eigenvalue weighted by Crippen LogP contribution is 2.42. The van der Waals surface area contributed by atoms with Gasteiger partial charge in [-0.1, -0.05) is 212 Å². The van der Waals surface area contributed by atoms with Crippen molar-refractivity contribution in [1.82, 2.24) is 9.97 Å². The molecule has 2 heterocycles. The standard InChI is InChI=1S/C60H40N2/c1-5-18-41(19-6-1)57-37-47(38-58(61-57)42-20-7-2-8-21-42)51-34-32-49(53-28-13-15-30-55(51)53)45-26-17-27-46(36-45)50-33-35-52(56-31-16-14-29-54(50)56)48-39-59(43-22-9-3-10-23-43)62-60(40-48)44-24-11-4-12-25-44/h1-40H. The van der Waals surface area contributed by atoms with Gasteiger partial charge in [-0.2, -0.15) is 0 Å². The molecule has 0 spiro atoms. The predicted molar refractivity (Wildman–Crippen MR) is 261 cm³/mol. The molecule has 0 saturated carbocycles. The number of benzene rings is 9. The van der Waals surface area contributed by atoms with Crippen molar-refractivity contribution in [2.24, 2.45) is 0 Å². The van der Waals surface area contributed by atoms with Crippen molar-refractivity contribution >= 4 is 21.5 Å². The Bertz CT molecular complexity index is 3040. The van der Waals surface area contributed by atoms with Gasteiger partial charge in [-0.05, 0) is 96.4 Å². The minimum atomic E-state index is 0.957.